The number of primary amides is 1. The summed E-state index contributed by atoms with van der Waals surface area (Å²) in [7, 11) is 1.53. The van der Waals surface area contributed by atoms with Crippen LogP contribution in [0, 0.1) is 18.3 Å². The van der Waals surface area contributed by atoms with Crippen LogP contribution in [-0.4, -0.2) is 46.8 Å². The molecule has 0 saturated heterocycles. The first-order valence-corrected chi connectivity index (χ1v) is 10.0. The highest BCUT2D eigenvalue weighted by Crippen LogP contribution is 2.48. The summed E-state index contributed by atoms with van der Waals surface area (Å²) in [6.07, 6.45) is 1.73. The standard InChI is InChI=1S/C21H22N4O3.C2H2O4/c1-5-28-21-18-17(14-7-6-13(9-22)8-15(14)27-4)16(20(23)26)12(3)25-19(18)11(2)10-24-21;3-1(4)2(5)6/h6-8,10,17,25H,5H2,1-4H3,(H2,23,26);(H,3,4)(H,5,6)/t17-;/m1./s1. The molecule has 1 aromatic carbocycles. The van der Waals surface area contributed by atoms with Crippen LogP contribution in [0.2, 0.25) is 0 Å². The first kappa shape index (κ1) is 25.7. The molecule has 5 N–H and O–H groups in total. The number of aliphatic carboxylic acids is 2. The molecule has 0 aliphatic carbocycles. The molecule has 0 spiro atoms. The largest absolute Gasteiger partial charge is 0.496 e. The van der Waals surface area contributed by atoms with Crippen LogP contribution in [0.1, 0.15) is 42.0 Å². The lowest BCUT2D eigenvalue weighted by molar-refractivity contribution is -0.159. The Hall–Kier alpha value is -4.59. The third-order valence-electron chi connectivity index (χ3n) is 4.97. The Morgan fingerprint density at radius 1 is 1.24 bits per heavy atom. The van der Waals surface area contributed by atoms with Crippen molar-refractivity contribution in [3.63, 3.8) is 0 Å². The van der Waals surface area contributed by atoms with Gasteiger partial charge in [-0.05, 0) is 38.5 Å². The van der Waals surface area contributed by atoms with Crippen LogP contribution in [0.4, 0.5) is 5.69 Å². The zero-order valence-corrected chi connectivity index (χ0v) is 19.0. The van der Waals surface area contributed by atoms with Crippen molar-refractivity contribution in [2.45, 2.75) is 26.7 Å². The minimum Gasteiger partial charge on any atom is -0.496 e. The number of nitrogens with one attached hydrogen (secondary N) is 1. The van der Waals surface area contributed by atoms with Crippen LogP contribution < -0.4 is 20.5 Å². The number of nitriles is 1. The fourth-order valence-electron chi connectivity index (χ4n) is 3.57. The molecule has 1 aliphatic rings. The van der Waals surface area contributed by atoms with Gasteiger partial charge in [-0.2, -0.15) is 5.26 Å². The highest BCUT2D eigenvalue weighted by molar-refractivity contribution is 6.27. The molecule has 3 rings (SSSR count). The summed E-state index contributed by atoms with van der Waals surface area (Å²) < 4.78 is 11.3. The molecular formula is C23H24N4O7. The van der Waals surface area contributed by atoms with Crippen LogP contribution >= 0.6 is 0 Å². The molecular weight excluding hydrogens is 444 g/mol. The lowest BCUT2D eigenvalue weighted by atomic mass is 9.79. The molecule has 1 amide bonds. The number of benzene rings is 1. The van der Waals surface area contributed by atoms with Crippen molar-refractivity contribution in [2.24, 2.45) is 5.73 Å². The van der Waals surface area contributed by atoms with Crippen molar-refractivity contribution in [1.29, 1.82) is 5.26 Å². The summed E-state index contributed by atoms with van der Waals surface area (Å²) in [5.74, 6) is -3.81. The quantitative estimate of drug-likeness (QED) is 0.474. The molecule has 0 saturated carbocycles. The lowest BCUT2D eigenvalue weighted by Crippen LogP contribution is -2.28. The number of nitrogens with two attached hydrogens (primary N) is 1. The second-order valence-corrected chi connectivity index (χ2v) is 7.11. The molecule has 11 heteroatoms. The van der Waals surface area contributed by atoms with E-state index in [0.29, 0.717) is 40.6 Å². The van der Waals surface area contributed by atoms with Crippen LogP contribution in [0.15, 0.2) is 35.7 Å². The average molecular weight is 468 g/mol. The van der Waals surface area contributed by atoms with Crippen LogP contribution in [0.25, 0.3) is 0 Å². The molecule has 178 valence electrons. The molecule has 0 fully saturated rings. The number of rotatable bonds is 5. The number of aromatic nitrogens is 1. The van der Waals surface area contributed by atoms with E-state index in [-0.39, 0.29) is 0 Å². The number of fused-ring (bicyclic) bond motifs is 1. The number of amides is 1. The third kappa shape index (κ3) is 5.24. The monoisotopic (exact) mass is 468 g/mol. The van der Waals surface area contributed by atoms with Crippen LogP contribution in [0.3, 0.4) is 0 Å². The summed E-state index contributed by atoms with van der Waals surface area (Å²) in [4.78, 5) is 35.0. The van der Waals surface area contributed by atoms with Gasteiger partial charge in [0.2, 0.25) is 11.8 Å². The van der Waals surface area contributed by atoms with Gasteiger partial charge in [-0.15, -0.1) is 0 Å². The number of aryl methyl sites for hydroxylation is 1. The first-order chi connectivity index (χ1) is 16.1. The molecule has 1 aromatic heterocycles. The predicted octanol–water partition coefficient (Wildman–Crippen LogP) is 2.14. The number of allylic oxidation sites excluding steroid dienone is 1. The molecule has 2 heterocycles. The highest BCUT2D eigenvalue weighted by Gasteiger charge is 2.36. The second kappa shape index (κ2) is 10.8. The Morgan fingerprint density at radius 2 is 1.88 bits per heavy atom. The lowest BCUT2D eigenvalue weighted by Gasteiger charge is -2.32. The Morgan fingerprint density at radius 3 is 2.38 bits per heavy atom. The Balaban J connectivity index is 0.000000604. The summed E-state index contributed by atoms with van der Waals surface area (Å²) in [5.41, 5.74) is 10.5. The fraction of sp³-hybridized carbons (Fsp3) is 0.261. The molecule has 1 aliphatic heterocycles. The number of hydrogen-bond acceptors (Lipinski definition) is 8. The number of carbonyl (C=O) groups is 3. The molecule has 34 heavy (non-hydrogen) atoms. The van der Waals surface area contributed by atoms with E-state index in [1.54, 1.807) is 24.4 Å². The number of ether oxygens (including phenoxy) is 2. The molecule has 0 bridgehead atoms. The number of hydrogen-bond donors (Lipinski definition) is 4. The van der Waals surface area contributed by atoms with Gasteiger partial charge >= 0.3 is 11.9 Å². The summed E-state index contributed by atoms with van der Waals surface area (Å²) in [6, 6.07) is 7.22. The second-order valence-electron chi connectivity index (χ2n) is 7.11. The van der Waals surface area contributed by atoms with E-state index in [9.17, 15) is 10.1 Å². The topological polar surface area (TPSA) is 185 Å². The summed E-state index contributed by atoms with van der Waals surface area (Å²) in [5, 5.41) is 27.3. The average Bonchev–Trinajstić information content (AvgIpc) is 2.80. The predicted molar refractivity (Wildman–Crippen MR) is 120 cm³/mol. The maximum Gasteiger partial charge on any atom is 0.414 e. The number of nitrogens with zero attached hydrogens (tertiary/aromatic N) is 2. The van der Waals surface area contributed by atoms with E-state index in [0.717, 1.165) is 16.8 Å². The summed E-state index contributed by atoms with van der Waals surface area (Å²) >= 11 is 0. The normalized spacial score (nSPS) is 13.9. The maximum atomic E-state index is 12.4. The number of carboxylic acids is 2. The first-order valence-electron chi connectivity index (χ1n) is 10.0. The van der Waals surface area contributed by atoms with Crippen molar-refractivity contribution in [3.05, 3.63) is 57.9 Å². The van der Waals surface area contributed by atoms with E-state index in [2.05, 4.69) is 16.4 Å². The number of pyridine rings is 1. The zero-order chi connectivity index (χ0) is 25.6. The van der Waals surface area contributed by atoms with Crippen LogP contribution in [0.5, 0.6) is 11.6 Å². The van der Waals surface area contributed by atoms with E-state index < -0.39 is 23.8 Å². The van der Waals surface area contributed by atoms with Gasteiger partial charge in [0.1, 0.15) is 5.75 Å². The molecule has 11 nitrogen and oxygen atoms in total. The van der Waals surface area contributed by atoms with Gasteiger partial charge in [0, 0.05) is 23.0 Å². The maximum absolute atomic E-state index is 12.4. The van der Waals surface area contributed by atoms with Gasteiger partial charge in [-0.1, -0.05) is 6.07 Å². The van der Waals surface area contributed by atoms with Gasteiger partial charge in [0.05, 0.1) is 42.5 Å². The SMILES string of the molecule is CCOc1ncc(C)c2c1[C@H](c1ccc(C#N)cc1OC)C(C(N)=O)=C(C)N2.O=C(O)C(=O)O. The van der Waals surface area contributed by atoms with Crippen molar-refractivity contribution in [1.82, 2.24) is 4.98 Å². The number of carbonyl (C=O) groups excluding carboxylic acids is 1. The van der Waals surface area contributed by atoms with Gasteiger partial charge in [0.15, 0.2) is 0 Å². The van der Waals surface area contributed by atoms with Gasteiger partial charge in [0.25, 0.3) is 0 Å². The van der Waals surface area contributed by atoms with E-state index in [1.807, 2.05) is 20.8 Å². The molecule has 0 unspecified atom stereocenters. The number of carboxylic acid groups (broad SMARTS) is 2. The summed E-state index contributed by atoms with van der Waals surface area (Å²) in [6.45, 7) is 6.04. The van der Waals surface area contributed by atoms with Crippen molar-refractivity contribution >= 4 is 23.5 Å². The molecule has 2 aromatic rings. The van der Waals surface area contributed by atoms with Crippen molar-refractivity contribution in [2.75, 3.05) is 19.0 Å². The van der Waals surface area contributed by atoms with Gasteiger partial charge in [-0.25, -0.2) is 14.6 Å². The van der Waals surface area contributed by atoms with E-state index in [1.165, 1.54) is 7.11 Å². The van der Waals surface area contributed by atoms with Crippen molar-refractivity contribution in [3.8, 4) is 17.7 Å². The van der Waals surface area contributed by atoms with Gasteiger partial charge in [-0.3, -0.25) is 4.79 Å². The van der Waals surface area contributed by atoms with Crippen LogP contribution in [-0.2, 0) is 14.4 Å². The van der Waals surface area contributed by atoms with E-state index >= 15 is 0 Å². The Labute approximate surface area is 195 Å². The fourth-order valence-corrected chi connectivity index (χ4v) is 3.57. The zero-order valence-electron chi connectivity index (χ0n) is 19.0. The van der Waals surface area contributed by atoms with E-state index in [4.69, 9.17) is 35.0 Å². The number of anilines is 1. The Kier molecular flexibility index (Phi) is 8.17. The highest BCUT2D eigenvalue weighted by atomic mass is 16.5. The smallest absolute Gasteiger partial charge is 0.414 e. The van der Waals surface area contributed by atoms with Crippen molar-refractivity contribution < 1.29 is 34.1 Å². The minimum atomic E-state index is -1.82. The number of methoxy groups -OCH3 is 1. The van der Waals surface area contributed by atoms with Gasteiger partial charge < -0.3 is 30.7 Å². The molecule has 0 radical (unpaired) electrons. The molecule has 1 atom stereocenters. The Bertz CT molecular complexity index is 1200. The minimum absolute atomic E-state index is 0.406. The third-order valence-corrected chi connectivity index (χ3v) is 4.97.